The predicted molar refractivity (Wildman–Crippen MR) is 105 cm³/mol. The Morgan fingerprint density at radius 1 is 1.04 bits per heavy atom. The number of aromatic nitrogens is 4. The molecule has 0 radical (unpaired) electrons. The molecular formula is C21H18FN5O. The first-order chi connectivity index (χ1) is 13.4. The number of hydrogen-bond donors (Lipinski definition) is 1. The number of nitrogens with one attached hydrogen (secondary N) is 1. The van der Waals surface area contributed by atoms with Crippen molar-refractivity contribution in [3.8, 4) is 11.1 Å². The van der Waals surface area contributed by atoms with E-state index in [0.717, 1.165) is 22.4 Å². The highest BCUT2D eigenvalue weighted by Crippen LogP contribution is 2.28. The van der Waals surface area contributed by atoms with Gasteiger partial charge in [-0.15, -0.1) is 10.2 Å². The summed E-state index contributed by atoms with van der Waals surface area (Å²) in [4.78, 5) is 12.7. The molecule has 140 valence electrons. The van der Waals surface area contributed by atoms with Crippen molar-refractivity contribution in [3.63, 3.8) is 0 Å². The summed E-state index contributed by atoms with van der Waals surface area (Å²) in [7, 11) is 0. The van der Waals surface area contributed by atoms with Crippen molar-refractivity contribution in [1.82, 2.24) is 19.8 Å². The fraction of sp³-hybridized carbons (Fsp3) is 0.143. The van der Waals surface area contributed by atoms with Crippen LogP contribution in [0.4, 0.5) is 10.1 Å². The molecule has 28 heavy (non-hydrogen) atoms. The van der Waals surface area contributed by atoms with Gasteiger partial charge in [-0.1, -0.05) is 24.3 Å². The summed E-state index contributed by atoms with van der Waals surface area (Å²) in [6.45, 7) is 5.57. The smallest absolute Gasteiger partial charge is 0.278 e. The molecule has 7 heteroatoms. The number of anilines is 1. The SMILES string of the molecule is Cc1cccc(NC(=O)c2nnc3c(-c4ccc(F)cc4)c(C)nn3c2C)c1. The second kappa shape index (κ2) is 6.84. The average molecular weight is 375 g/mol. The van der Waals surface area contributed by atoms with Crippen molar-refractivity contribution in [2.24, 2.45) is 0 Å². The molecular weight excluding hydrogens is 357 g/mol. The zero-order chi connectivity index (χ0) is 19.8. The van der Waals surface area contributed by atoms with Crippen LogP contribution in [0.1, 0.15) is 27.4 Å². The van der Waals surface area contributed by atoms with Crippen LogP contribution in [0.15, 0.2) is 48.5 Å². The summed E-state index contributed by atoms with van der Waals surface area (Å²) < 4.78 is 14.9. The Balaban J connectivity index is 1.75. The Kier molecular flexibility index (Phi) is 4.35. The van der Waals surface area contributed by atoms with Crippen molar-refractivity contribution >= 4 is 17.2 Å². The van der Waals surface area contributed by atoms with E-state index >= 15 is 0 Å². The fourth-order valence-electron chi connectivity index (χ4n) is 3.19. The first kappa shape index (κ1) is 17.8. The van der Waals surface area contributed by atoms with Crippen LogP contribution in [0, 0.1) is 26.6 Å². The van der Waals surface area contributed by atoms with Gasteiger partial charge in [0.25, 0.3) is 5.91 Å². The van der Waals surface area contributed by atoms with Crippen LogP contribution >= 0.6 is 0 Å². The summed E-state index contributed by atoms with van der Waals surface area (Å²) in [5.74, 6) is -0.663. The normalized spacial score (nSPS) is 11.0. The van der Waals surface area contributed by atoms with Gasteiger partial charge in [0, 0.05) is 5.69 Å². The Bertz CT molecular complexity index is 1200. The number of aryl methyl sites for hydroxylation is 3. The van der Waals surface area contributed by atoms with E-state index in [9.17, 15) is 9.18 Å². The molecule has 0 saturated carbocycles. The van der Waals surface area contributed by atoms with E-state index in [4.69, 9.17) is 0 Å². The molecule has 4 rings (SSSR count). The number of amides is 1. The van der Waals surface area contributed by atoms with E-state index in [1.807, 2.05) is 38.1 Å². The van der Waals surface area contributed by atoms with Crippen LogP contribution in [0.2, 0.25) is 0 Å². The van der Waals surface area contributed by atoms with E-state index in [-0.39, 0.29) is 17.4 Å². The van der Waals surface area contributed by atoms with E-state index in [1.54, 1.807) is 23.6 Å². The molecule has 2 aromatic carbocycles. The number of nitrogens with zero attached hydrogens (tertiary/aromatic N) is 4. The number of carbonyl (C=O) groups is 1. The molecule has 0 aliphatic carbocycles. The standard InChI is InChI=1S/C21H18FN5O/c1-12-5-4-6-17(11-12)23-21(28)19-14(3)27-20(25-24-19)18(13(2)26-27)15-7-9-16(22)10-8-15/h4-11H,1-3H3,(H,23,28). The Hall–Kier alpha value is -3.61. The van der Waals surface area contributed by atoms with Crippen LogP contribution in [-0.2, 0) is 0 Å². The highest BCUT2D eigenvalue weighted by molar-refractivity contribution is 6.03. The van der Waals surface area contributed by atoms with Crippen LogP contribution in [0.25, 0.3) is 16.8 Å². The van der Waals surface area contributed by atoms with Crippen molar-refractivity contribution in [1.29, 1.82) is 0 Å². The van der Waals surface area contributed by atoms with Crippen molar-refractivity contribution in [2.45, 2.75) is 20.8 Å². The minimum absolute atomic E-state index is 0.196. The molecule has 0 aliphatic heterocycles. The van der Waals surface area contributed by atoms with Crippen molar-refractivity contribution in [2.75, 3.05) is 5.32 Å². The highest BCUT2D eigenvalue weighted by Gasteiger charge is 2.20. The third kappa shape index (κ3) is 3.11. The summed E-state index contributed by atoms with van der Waals surface area (Å²) >= 11 is 0. The monoisotopic (exact) mass is 375 g/mol. The summed E-state index contributed by atoms with van der Waals surface area (Å²) in [6.07, 6.45) is 0. The third-order valence-corrected chi connectivity index (χ3v) is 4.57. The number of carbonyl (C=O) groups excluding carboxylic acids is 1. The predicted octanol–water partition coefficient (Wildman–Crippen LogP) is 4.11. The topological polar surface area (TPSA) is 72.2 Å². The van der Waals surface area contributed by atoms with Gasteiger partial charge in [-0.3, -0.25) is 4.79 Å². The van der Waals surface area contributed by atoms with E-state index < -0.39 is 0 Å². The maximum atomic E-state index is 13.3. The summed E-state index contributed by atoms with van der Waals surface area (Å²) in [5, 5.41) is 15.7. The number of hydrogen-bond acceptors (Lipinski definition) is 4. The van der Waals surface area contributed by atoms with Gasteiger partial charge < -0.3 is 5.32 Å². The van der Waals surface area contributed by atoms with Gasteiger partial charge in [-0.25, -0.2) is 8.91 Å². The quantitative estimate of drug-likeness (QED) is 0.585. The van der Waals surface area contributed by atoms with Crippen LogP contribution < -0.4 is 5.32 Å². The number of fused-ring (bicyclic) bond motifs is 1. The first-order valence-corrected chi connectivity index (χ1v) is 8.80. The van der Waals surface area contributed by atoms with Crippen molar-refractivity contribution in [3.05, 3.63) is 77.0 Å². The lowest BCUT2D eigenvalue weighted by molar-refractivity contribution is 0.102. The lowest BCUT2D eigenvalue weighted by Crippen LogP contribution is -2.18. The molecule has 0 fully saturated rings. The molecule has 1 amide bonds. The second-order valence-corrected chi connectivity index (χ2v) is 6.66. The van der Waals surface area contributed by atoms with Gasteiger partial charge in [0.1, 0.15) is 5.82 Å². The summed E-state index contributed by atoms with van der Waals surface area (Å²) in [5.41, 5.74) is 5.31. The summed E-state index contributed by atoms with van der Waals surface area (Å²) in [6, 6.07) is 13.7. The lowest BCUT2D eigenvalue weighted by Gasteiger charge is -2.08. The van der Waals surface area contributed by atoms with Gasteiger partial charge in [-0.2, -0.15) is 5.10 Å². The zero-order valence-corrected chi connectivity index (χ0v) is 15.7. The maximum Gasteiger partial charge on any atom is 0.278 e. The average Bonchev–Trinajstić information content (AvgIpc) is 3.00. The minimum atomic E-state index is -0.353. The minimum Gasteiger partial charge on any atom is -0.321 e. The zero-order valence-electron chi connectivity index (χ0n) is 15.7. The largest absolute Gasteiger partial charge is 0.321 e. The maximum absolute atomic E-state index is 13.3. The van der Waals surface area contributed by atoms with Gasteiger partial charge in [0.2, 0.25) is 0 Å². The first-order valence-electron chi connectivity index (χ1n) is 8.80. The Labute approximate surface area is 161 Å². The molecule has 0 unspecified atom stereocenters. The molecule has 0 atom stereocenters. The Morgan fingerprint density at radius 2 is 1.79 bits per heavy atom. The van der Waals surface area contributed by atoms with E-state index in [1.165, 1.54) is 12.1 Å². The van der Waals surface area contributed by atoms with E-state index in [2.05, 4.69) is 20.6 Å². The molecule has 4 aromatic rings. The molecule has 0 saturated heterocycles. The number of rotatable bonds is 3. The third-order valence-electron chi connectivity index (χ3n) is 4.57. The lowest BCUT2D eigenvalue weighted by atomic mass is 10.1. The molecule has 6 nitrogen and oxygen atoms in total. The Morgan fingerprint density at radius 3 is 2.50 bits per heavy atom. The van der Waals surface area contributed by atoms with Crippen molar-refractivity contribution < 1.29 is 9.18 Å². The molecule has 2 aromatic heterocycles. The molecule has 1 N–H and O–H groups in total. The van der Waals surface area contributed by atoms with Crippen LogP contribution in [-0.4, -0.2) is 25.7 Å². The van der Waals surface area contributed by atoms with Gasteiger partial charge in [0.05, 0.1) is 17.0 Å². The molecule has 2 heterocycles. The number of benzene rings is 2. The van der Waals surface area contributed by atoms with E-state index in [0.29, 0.717) is 17.0 Å². The molecule has 0 spiro atoms. The highest BCUT2D eigenvalue weighted by atomic mass is 19.1. The van der Waals surface area contributed by atoms with Gasteiger partial charge in [0.15, 0.2) is 11.3 Å². The van der Waals surface area contributed by atoms with Crippen LogP contribution in [0.5, 0.6) is 0 Å². The number of halogens is 1. The molecule has 0 aliphatic rings. The van der Waals surface area contributed by atoms with Gasteiger partial charge >= 0.3 is 0 Å². The van der Waals surface area contributed by atoms with Crippen LogP contribution in [0.3, 0.4) is 0 Å². The fourth-order valence-corrected chi connectivity index (χ4v) is 3.19. The second-order valence-electron chi connectivity index (χ2n) is 6.66. The molecule has 0 bridgehead atoms. The van der Waals surface area contributed by atoms with Gasteiger partial charge in [-0.05, 0) is 56.2 Å².